The summed E-state index contributed by atoms with van der Waals surface area (Å²) >= 11 is 6.68. The summed E-state index contributed by atoms with van der Waals surface area (Å²) in [5, 5.41) is -0.560. The lowest BCUT2D eigenvalue weighted by molar-refractivity contribution is -0.141. The molecule has 1 atom stereocenters. The second kappa shape index (κ2) is 8.80. The van der Waals surface area contributed by atoms with Gasteiger partial charge in [0.1, 0.15) is 5.03 Å². The van der Waals surface area contributed by atoms with Crippen LogP contribution >= 0.6 is 23.4 Å². The lowest BCUT2D eigenvalue weighted by Gasteiger charge is -2.42. The molecule has 1 spiro atoms. The molecule has 1 unspecified atom stereocenters. The van der Waals surface area contributed by atoms with Crippen LogP contribution in [0.4, 0.5) is 24.8 Å². The molecule has 3 heterocycles. The van der Waals surface area contributed by atoms with Gasteiger partial charge in [0.2, 0.25) is 0 Å². The van der Waals surface area contributed by atoms with Crippen LogP contribution in [0.5, 0.6) is 0 Å². The number of aromatic nitrogens is 3. The number of nitrogens with zero attached hydrogens (tertiary/aromatic N) is 4. The first-order valence-corrected chi connectivity index (χ1v) is 11.6. The normalized spacial score (nSPS) is 20.4. The van der Waals surface area contributed by atoms with Crippen molar-refractivity contribution in [1.29, 1.82) is 0 Å². The monoisotopic (exact) mass is 501 g/mol. The van der Waals surface area contributed by atoms with E-state index in [9.17, 15) is 18.0 Å². The van der Waals surface area contributed by atoms with E-state index in [0.717, 1.165) is 50.1 Å². The third-order valence-electron chi connectivity index (χ3n) is 6.47. The van der Waals surface area contributed by atoms with Crippen LogP contribution in [0.3, 0.4) is 0 Å². The number of anilines is 2. The Morgan fingerprint density at radius 2 is 1.94 bits per heavy atom. The van der Waals surface area contributed by atoms with Gasteiger partial charge in [0.25, 0.3) is 5.91 Å². The molecule has 0 radical (unpaired) electrons. The number of alkyl halides is 3. The third-order valence-corrected chi connectivity index (χ3v) is 8.02. The lowest BCUT2D eigenvalue weighted by atomic mass is 9.74. The molecule has 1 saturated heterocycles. The van der Waals surface area contributed by atoms with Crippen LogP contribution in [0.1, 0.15) is 48.3 Å². The van der Waals surface area contributed by atoms with Crippen LogP contribution in [-0.2, 0) is 6.18 Å². The molecule has 2 fully saturated rings. The number of rotatable bonds is 4. The number of halogens is 4. The van der Waals surface area contributed by atoms with E-state index in [2.05, 4.69) is 15.0 Å². The number of hydrogen-bond acceptors (Lipinski definition) is 8. The zero-order valence-corrected chi connectivity index (χ0v) is 19.1. The van der Waals surface area contributed by atoms with E-state index < -0.39 is 22.8 Å². The van der Waals surface area contributed by atoms with Crippen molar-refractivity contribution in [2.45, 2.75) is 54.2 Å². The molecule has 8 nitrogen and oxygen atoms in total. The molecule has 178 valence electrons. The maximum absolute atomic E-state index is 13.1. The molecule has 1 amide bonds. The van der Waals surface area contributed by atoms with Crippen LogP contribution in [0.15, 0.2) is 22.2 Å². The summed E-state index contributed by atoms with van der Waals surface area (Å²) in [7, 11) is 0. The Kier molecular flexibility index (Phi) is 6.36. The summed E-state index contributed by atoms with van der Waals surface area (Å²) in [6.07, 6.45) is 1.19. The first kappa shape index (κ1) is 23.8. The topological polar surface area (TPSA) is 137 Å². The number of pyridine rings is 1. The molecular formula is C20H23ClF3N7OS. The van der Waals surface area contributed by atoms with E-state index in [4.69, 9.17) is 28.8 Å². The molecule has 4 rings (SSSR count). The predicted octanol–water partition coefficient (Wildman–Crippen LogP) is 3.47. The molecule has 1 aliphatic heterocycles. The minimum absolute atomic E-state index is 0.0262. The van der Waals surface area contributed by atoms with Crippen LogP contribution in [0, 0.1) is 5.41 Å². The number of carbonyl (C=O) groups is 1. The van der Waals surface area contributed by atoms with Crippen LogP contribution in [0.25, 0.3) is 0 Å². The van der Waals surface area contributed by atoms with Crippen LogP contribution < -0.4 is 22.1 Å². The summed E-state index contributed by atoms with van der Waals surface area (Å²) in [5.41, 5.74) is 16.8. The van der Waals surface area contributed by atoms with E-state index >= 15 is 0 Å². The lowest BCUT2D eigenvalue weighted by Crippen LogP contribution is -2.47. The molecule has 2 aliphatic rings. The number of carbonyl (C=O) groups excluding carboxylic acids is 1. The van der Waals surface area contributed by atoms with E-state index in [0.29, 0.717) is 13.1 Å². The van der Waals surface area contributed by atoms with E-state index in [1.807, 2.05) is 4.90 Å². The molecule has 1 saturated carbocycles. The summed E-state index contributed by atoms with van der Waals surface area (Å²) in [4.78, 5) is 26.0. The highest BCUT2D eigenvalue weighted by molar-refractivity contribution is 7.99. The Morgan fingerprint density at radius 1 is 1.24 bits per heavy atom. The Labute approximate surface area is 197 Å². The highest BCUT2D eigenvalue weighted by Gasteiger charge is 2.43. The highest BCUT2D eigenvalue weighted by Crippen LogP contribution is 2.46. The number of piperidine rings is 1. The summed E-state index contributed by atoms with van der Waals surface area (Å²) < 4.78 is 39.4. The van der Waals surface area contributed by atoms with Gasteiger partial charge in [0, 0.05) is 30.2 Å². The van der Waals surface area contributed by atoms with E-state index in [-0.39, 0.29) is 38.7 Å². The van der Waals surface area contributed by atoms with Crippen molar-refractivity contribution < 1.29 is 18.0 Å². The predicted molar refractivity (Wildman–Crippen MR) is 119 cm³/mol. The Bertz CT molecular complexity index is 1080. The first-order chi connectivity index (χ1) is 15.5. The van der Waals surface area contributed by atoms with Gasteiger partial charge in [-0.15, -0.1) is 0 Å². The van der Waals surface area contributed by atoms with Gasteiger partial charge < -0.3 is 22.1 Å². The number of nitrogens with two attached hydrogens (primary N) is 3. The van der Waals surface area contributed by atoms with Gasteiger partial charge in [0.15, 0.2) is 23.0 Å². The van der Waals surface area contributed by atoms with Crippen molar-refractivity contribution in [2.75, 3.05) is 23.7 Å². The Hall–Kier alpha value is -2.31. The van der Waals surface area contributed by atoms with Gasteiger partial charge in [-0.25, -0.2) is 9.97 Å². The van der Waals surface area contributed by atoms with Gasteiger partial charge in [-0.2, -0.15) is 13.2 Å². The fourth-order valence-electron chi connectivity index (χ4n) is 4.64. The van der Waals surface area contributed by atoms with Gasteiger partial charge >= 0.3 is 6.18 Å². The first-order valence-electron chi connectivity index (χ1n) is 10.4. The molecule has 2 aromatic rings. The number of primary amides is 1. The van der Waals surface area contributed by atoms with Gasteiger partial charge in [-0.3, -0.25) is 9.78 Å². The molecule has 2 aromatic heterocycles. The molecule has 33 heavy (non-hydrogen) atoms. The quantitative estimate of drug-likeness (QED) is 0.579. The summed E-state index contributed by atoms with van der Waals surface area (Å²) in [6.45, 7) is 1.25. The second-order valence-electron chi connectivity index (χ2n) is 8.37. The summed E-state index contributed by atoms with van der Waals surface area (Å²) in [5.74, 6) is -0.587. The van der Waals surface area contributed by atoms with Crippen molar-refractivity contribution in [3.05, 3.63) is 28.7 Å². The average molecular weight is 502 g/mol. The zero-order chi connectivity index (χ0) is 24.0. The fourth-order valence-corrected chi connectivity index (χ4v) is 5.79. The van der Waals surface area contributed by atoms with Crippen molar-refractivity contribution in [2.24, 2.45) is 16.9 Å². The van der Waals surface area contributed by atoms with Crippen LogP contribution in [0.2, 0.25) is 5.02 Å². The fraction of sp³-hybridized carbons (Fsp3) is 0.500. The van der Waals surface area contributed by atoms with E-state index in [1.165, 1.54) is 6.07 Å². The molecule has 6 N–H and O–H groups in total. The highest BCUT2D eigenvalue weighted by atomic mass is 35.5. The number of nitrogen functional groups attached to an aromatic ring is 1. The SMILES string of the molecule is NC(=O)c1nc(Sc2ccnc(C(F)(F)F)c2Cl)c(N)nc1N1CCC2(CCCC2N)CC1. The van der Waals surface area contributed by atoms with Gasteiger partial charge in [0.05, 0.1) is 5.02 Å². The van der Waals surface area contributed by atoms with Crippen molar-refractivity contribution in [3.8, 4) is 0 Å². The molecule has 13 heteroatoms. The maximum atomic E-state index is 13.1. The largest absolute Gasteiger partial charge is 0.434 e. The summed E-state index contributed by atoms with van der Waals surface area (Å²) in [6, 6.07) is 1.47. The minimum Gasteiger partial charge on any atom is -0.381 e. The number of amides is 1. The van der Waals surface area contributed by atoms with Gasteiger partial charge in [-0.05, 0) is 37.2 Å². The van der Waals surface area contributed by atoms with E-state index in [1.54, 1.807) is 0 Å². The molecule has 1 aliphatic carbocycles. The van der Waals surface area contributed by atoms with Gasteiger partial charge in [-0.1, -0.05) is 29.8 Å². The van der Waals surface area contributed by atoms with Crippen molar-refractivity contribution in [1.82, 2.24) is 15.0 Å². The Morgan fingerprint density at radius 3 is 2.52 bits per heavy atom. The molecule has 0 bridgehead atoms. The average Bonchev–Trinajstić information content (AvgIpc) is 3.09. The number of hydrogen-bond donors (Lipinski definition) is 3. The standard InChI is InChI=1S/C20H23ClF3N7OS/c21-12-10(3-7-28-14(12)20(22,23)24)33-18-15(26)30-17(13(29-18)16(27)32)31-8-5-19(6-9-31)4-1-2-11(19)25/h3,7,11H,1-2,4-6,8-9,25H2,(H2,26,30)(H2,27,32). The maximum Gasteiger partial charge on any atom is 0.434 e. The molecular weight excluding hydrogens is 479 g/mol. The zero-order valence-electron chi connectivity index (χ0n) is 17.5. The van der Waals surface area contributed by atoms with Crippen LogP contribution in [-0.4, -0.2) is 40.0 Å². The second-order valence-corrected chi connectivity index (χ2v) is 9.78. The van der Waals surface area contributed by atoms with Crippen molar-refractivity contribution in [3.63, 3.8) is 0 Å². The molecule has 0 aromatic carbocycles. The smallest absolute Gasteiger partial charge is 0.381 e. The van der Waals surface area contributed by atoms with Crippen molar-refractivity contribution >= 4 is 40.9 Å². The minimum atomic E-state index is -4.72. The third kappa shape index (κ3) is 4.56. The Balaban J connectivity index is 1.62.